The first kappa shape index (κ1) is 14.8. The number of nitrogens with two attached hydrogens (primary N) is 1. The minimum Gasteiger partial charge on any atom is -0.496 e. The van der Waals surface area contributed by atoms with Gasteiger partial charge in [-0.15, -0.1) is 0 Å². The molecule has 0 aromatic heterocycles. The van der Waals surface area contributed by atoms with Crippen molar-refractivity contribution in [1.82, 2.24) is 0 Å². The second-order valence-electron chi connectivity index (χ2n) is 4.49. The summed E-state index contributed by atoms with van der Waals surface area (Å²) in [5.74, 6) is 0.539. The van der Waals surface area contributed by atoms with Crippen molar-refractivity contribution < 1.29 is 13.9 Å². The van der Waals surface area contributed by atoms with Gasteiger partial charge in [-0.2, -0.15) is 5.26 Å². The Bertz CT molecular complexity index is 693. The second kappa shape index (κ2) is 6.25. The molecule has 1 atom stereocenters. The lowest BCUT2D eigenvalue weighted by molar-refractivity contribution is 0.397. The summed E-state index contributed by atoms with van der Waals surface area (Å²) in [7, 11) is 1.54. The molecule has 2 N–H and O–H groups in total. The molecule has 0 aliphatic carbocycles. The molecule has 0 spiro atoms. The van der Waals surface area contributed by atoms with Crippen molar-refractivity contribution in [3.05, 3.63) is 53.3 Å². The Kier molecular flexibility index (Phi) is 4.41. The van der Waals surface area contributed by atoms with Crippen molar-refractivity contribution in [3.8, 4) is 23.3 Å². The molecule has 2 rings (SSSR count). The van der Waals surface area contributed by atoms with Gasteiger partial charge >= 0.3 is 0 Å². The summed E-state index contributed by atoms with van der Waals surface area (Å²) in [5, 5.41) is 9.04. The average molecular weight is 286 g/mol. The number of benzene rings is 2. The molecule has 5 heteroatoms. The van der Waals surface area contributed by atoms with Crippen LogP contribution in [0.1, 0.15) is 24.1 Å². The molecule has 0 fully saturated rings. The zero-order valence-corrected chi connectivity index (χ0v) is 11.8. The molecule has 0 aliphatic rings. The van der Waals surface area contributed by atoms with Crippen LogP contribution in [0.5, 0.6) is 17.2 Å². The highest BCUT2D eigenvalue weighted by atomic mass is 19.1. The first-order valence-electron chi connectivity index (χ1n) is 6.37. The monoisotopic (exact) mass is 286 g/mol. The van der Waals surface area contributed by atoms with Crippen molar-refractivity contribution in [2.75, 3.05) is 7.11 Å². The van der Waals surface area contributed by atoms with Gasteiger partial charge in [0, 0.05) is 6.04 Å². The summed E-state index contributed by atoms with van der Waals surface area (Å²) < 4.78 is 24.6. The average Bonchev–Trinajstić information content (AvgIpc) is 2.47. The highest BCUT2D eigenvalue weighted by Crippen LogP contribution is 2.36. The third-order valence-corrected chi connectivity index (χ3v) is 3.01. The summed E-state index contributed by atoms with van der Waals surface area (Å²) >= 11 is 0. The van der Waals surface area contributed by atoms with Gasteiger partial charge in [0.05, 0.1) is 12.7 Å². The van der Waals surface area contributed by atoms with Crippen molar-refractivity contribution in [2.45, 2.75) is 13.0 Å². The van der Waals surface area contributed by atoms with Crippen LogP contribution >= 0.6 is 0 Å². The maximum atomic E-state index is 13.6. The molecule has 0 saturated heterocycles. The number of hydrogen-bond donors (Lipinski definition) is 1. The fourth-order valence-corrected chi connectivity index (χ4v) is 2.06. The van der Waals surface area contributed by atoms with E-state index in [-0.39, 0.29) is 17.4 Å². The Morgan fingerprint density at radius 2 is 1.76 bits per heavy atom. The molecule has 0 aliphatic heterocycles. The molecule has 0 radical (unpaired) electrons. The third-order valence-electron chi connectivity index (χ3n) is 3.01. The predicted octanol–water partition coefficient (Wildman–Crippen LogP) is 3.52. The number of halogens is 1. The van der Waals surface area contributed by atoms with Crippen LogP contribution in [-0.4, -0.2) is 7.11 Å². The van der Waals surface area contributed by atoms with Gasteiger partial charge in [0.2, 0.25) is 0 Å². The van der Waals surface area contributed by atoms with Gasteiger partial charge in [0.15, 0.2) is 0 Å². The largest absolute Gasteiger partial charge is 0.496 e. The normalized spacial score (nSPS) is 11.6. The fraction of sp³-hybridized carbons (Fsp3) is 0.188. The molecule has 0 saturated carbocycles. The number of hydrogen-bond acceptors (Lipinski definition) is 4. The lowest BCUT2D eigenvalue weighted by Crippen LogP contribution is -2.09. The van der Waals surface area contributed by atoms with E-state index < -0.39 is 5.82 Å². The quantitative estimate of drug-likeness (QED) is 0.933. The van der Waals surface area contributed by atoms with E-state index in [0.717, 1.165) is 0 Å². The molecule has 2 aromatic rings. The summed E-state index contributed by atoms with van der Waals surface area (Å²) in [5.41, 5.74) is 6.46. The van der Waals surface area contributed by atoms with Crippen LogP contribution in [0.25, 0.3) is 0 Å². The van der Waals surface area contributed by atoms with Crippen molar-refractivity contribution in [1.29, 1.82) is 5.26 Å². The standard InChI is InChI=1S/C16H15FN2O2/c1-10(19)16-14(20-2)7-4-8-15(16)21-13-6-3-5-12(17)11(13)9-18/h3-8,10H,19H2,1-2H3/t10-/m0/s1. The Labute approximate surface area is 122 Å². The van der Waals surface area contributed by atoms with Crippen molar-refractivity contribution >= 4 is 0 Å². The highest BCUT2D eigenvalue weighted by Gasteiger charge is 2.17. The smallest absolute Gasteiger partial charge is 0.148 e. The molecule has 108 valence electrons. The van der Waals surface area contributed by atoms with Gasteiger partial charge in [-0.3, -0.25) is 0 Å². The van der Waals surface area contributed by atoms with E-state index in [2.05, 4.69) is 0 Å². The molecule has 0 bridgehead atoms. The third kappa shape index (κ3) is 2.96. The van der Waals surface area contributed by atoms with Gasteiger partial charge in [0.1, 0.15) is 34.7 Å². The minimum atomic E-state index is -0.625. The van der Waals surface area contributed by atoms with Crippen LogP contribution in [0.2, 0.25) is 0 Å². The second-order valence-corrected chi connectivity index (χ2v) is 4.49. The van der Waals surface area contributed by atoms with Gasteiger partial charge in [0.25, 0.3) is 0 Å². The van der Waals surface area contributed by atoms with Crippen LogP contribution in [0.4, 0.5) is 4.39 Å². The lowest BCUT2D eigenvalue weighted by atomic mass is 10.1. The summed E-state index contributed by atoms with van der Waals surface area (Å²) in [6.07, 6.45) is 0. The van der Waals surface area contributed by atoms with Gasteiger partial charge in [-0.25, -0.2) is 4.39 Å². The number of ether oxygens (including phenoxy) is 2. The topological polar surface area (TPSA) is 68.3 Å². The zero-order valence-electron chi connectivity index (χ0n) is 11.8. The number of rotatable bonds is 4. The fourth-order valence-electron chi connectivity index (χ4n) is 2.06. The van der Waals surface area contributed by atoms with Crippen LogP contribution in [0, 0.1) is 17.1 Å². The Morgan fingerprint density at radius 1 is 1.14 bits per heavy atom. The van der Waals surface area contributed by atoms with Gasteiger partial charge < -0.3 is 15.2 Å². The molecule has 0 amide bonds. The van der Waals surface area contributed by atoms with E-state index in [4.69, 9.17) is 20.5 Å². The number of nitriles is 1. The Morgan fingerprint density at radius 3 is 2.38 bits per heavy atom. The predicted molar refractivity (Wildman–Crippen MR) is 76.8 cm³/mol. The van der Waals surface area contributed by atoms with Crippen LogP contribution in [0.3, 0.4) is 0 Å². The van der Waals surface area contributed by atoms with Gasteiger partial charge in [-0.1, -0.05) is 12.1 Å². The number of methoxy groups -OCH3 is 1. The zero-order chi connectivity index (χ0) is 15.4. The summed E-state index contributed by atoms with van der Waals surface area (Å²) in [6, 6.07) is 10.9. The van der Waals surface area contributed by atoms with E-state index >= 15 is 0 Å². The molecular weight excluding hydrogens is 271 g/mol. The first-order valence-corrected chi connectivity index (χ1v) is 6.37. The molecular formula is C16H15FN2O2. The summed E-state index contributed by atoms with van der Waals surface area (Å²) in [4.78, 5) is 0. The van der Waals surface area contributed by atoms with E-state index in [1.165, 1.54) is 25.3 Å². The highest BCUT2D eigenvalue weighted by molar-refractivity contribution is 5.51. The van der Waals surface area contributed by atoms with E-state index in [1.54, 1.807) is 31.2 Å². The molecule has 2 aromatic carbocycles. The molecule has 0 heterocycles. The van der Waals surface area contributed by atoms with E-state index in [1.807, 2.05) is 0 Å². The van der Waals surface area contributed by atoms with Crippen LogP contribution < -0.4 is 15.2 Å². The van der Waals surface area contributed by atoms with Crippen molar-refractivity contribution in [2.24, 2.45) is 5.73 Å². The van der Waals surface area contributed by atoms with E-state index in [9.17, 15) is 4.39 Å². The Balaban J connectivity index is 2.51. The number of nitrogens with zero attached hydrogens (tertiary/aromatic N) is 1. The molecule has 0 unspecified atom stereocenters. The molecule has 4 nitrogen and oxygen atoms in total. The maximum absolute atomic E-state index is 13.6. The molecule has 21 heavy (non-hydrogen) atoms. The summed E-state index contributed by atoms with van der Waals surface area (Å²) in [6.45, 7) is 1.79. The lowest BCUT2D eigenvalue weighted by Gasteiger charge is -2.17. The SMILES string of the molecule is COc1cccc(Oc2cccc(F)c2C#N)c1[C@H](C)N. The van der Waals surface area contributed by atoms with E-state index in [0.29, 0.717) is 17.1 Å². The minimum absolute atomic E-state index is 0.143. The van der Waals surface area contributed by atoms with Gasteiger partial charge in [-0.05, 0) is 31.2 Å². The first-order chi connectivity index (χ1) is 10.1. The Hall–Kier alpha value is -2.58. The van der Waals surface area contributed by atoms with Crippen LogP contribution in [0.15, 0.2) is 36.4 Å². The maximum Gasteiger partial charge on any atom is 0.148 e. The van der Waals surface area contributed by atoms with Crippen molar-refractivity contribution in [3.63, 3.8) is 0 Å². The van der Waals surface area contributed by atoms with Crippen LogP contribution in [-0.2, 0) is 0 Å².